The van der Waals surface area contributed by atoms with Crippen molar-refractivity contribution in [1.29, 1.82) is 0 Å². The van der Waals surface area contributed by atoms with E-state index in [9.17, 15) is 0 Å². The van der Waals surface area contributed by atoms with Crippen molar-refractivity contribution in [2.75, 3.05) is 0 Å². The van der Waals surface area contributed by atoms with Crippen molar-refractivity contribution in [3.05, 3.63) is 114 Å². The Morgan fingerprint density at radius 2 is 1.15 bits per heavy atom. The molecule has 4 aromatic carbocycles. The minimum atomic E-state index is 1.14. The average molecular weight is 456 g/mol. The molecule has 34 heavy (non-hydrogen) atoms. The molecule has 2 aromatic heterocycles. The van der Waals surface area contributed by atoms with Gasteiger partial charge in [0.15, 0.2) is 0 Å². The van der Waals surface area contributed by atoms with E-state index in [1.807, 2.05) is 29.8 Å². The summed E-state index contributed by atoms with van der Waals surface area (Å²) >= 11 is 1.91. The van der Waals surface area contributed by atoms with Gasteiger partial charge in [-0.2, -0.15) is 0 Å². The maximum Gasteiger partial charge on any atom is 0.0434 e. The van der Waals surface area contributed by atoms with Gasteiger partial charge in [0.25, 0.3) is 0 Å². The maximum atomic E-state index is 4.26. The van der Waals surface area contributed by atoms with Crippen molar-refractivity contribution in [1.82, 2.24) is 4.98 Å². The van der Waals surface area contributed by atoms with Crippen LogP contribution in [0.4, 0.5) is 0 Å². The molecular weight excluding hydrogens is 430 g/mol. The number of benzene rings is 4. The van der Waals surface area contributed by atoms with Crippen molar-refractivity contribution in [2.24, 2.45) is 0 Å². The summed E-state index contributed by atoms with van der Waals surface area (Å²) in [6.07, 6.45) is 3.73. The third-order valence-corrected chi connectivity index (χ3v) is 8.24. The number of aromatic nitrogens is 1. The number of aryl methyl sites for hydroxylation is 2. The fourth-order valence-corrected chi connectivity index (χ4v) is 6.21. The lowest BCUT2D eigenvalue weighted by atomic mass is 9.95. The van der Waals surface area contributed by atoms with E-state index in [-0.39, 0.29) is 0 Å². The standard InChI is InChI=1S/C32H25NS/c1-20-17-26(18-21(2)22(20)3)28-9-5-11-30-29-10-4-8-27(31(29)34-32(28)30)24-14-12-23(13-15-24)25-7-6-16-33-19-25/h4-19H,1-3H3. The molecule has 0 amide bonds. The molecule has 6 rings (SSSR count). The van der Waals surface area contributed by atoms with Crippen LogP contribution in [0, 0.1) is 20.8 Å². The third kappa shape index (κ3) is 3.43. The van der Waals surface area contributed by atoms with E-state index in [2.05, 4.69) is 105 Å². The van der Waals surface area contributed by atoms with Gasteiger partial charge in [-0.05, 0) is 76.9 Å². The summed E-state index contributed by atoms with van der Waals surface area (Å²) < 4.78 is 2.71. The largest absolute Gasteiger partial charge is 0.264 e. The molecule has 0 saturated carbocycles. The van der Waals surface area contributed by atoms with Gasteiger partial charge in [-0.25, -0.2) is 0 Å². The van der Waals surface area contributed by atoms with Crippen LogP contribution in [0.2, 0.25) is 0 Å². The molecule has 2 heterocycles. The van der Waals surface area contributed by atoms with Crippen molar-refractivity contribution in [3.63, 3.8) is 0 Å². The molecular formula is C32H25NS. The molecule has 1 nitrogen and oxygen atoms in total. The highest BCUT2D eigenvalue weighted by atomic mass is 32.1. The number of pyridine rings is 1. The van der Waals surface area contributed by atoms with E-state index in [1.165, 1.54) is 64.7 Å². The predicted octanol–water partition coefficient (Wildman–Crippen LogP) is 9.38. The van der Waals surface area contributed by atoms with Crippen LogP contribution in [0.3, 0.4) is 0 Å². The molecule has 0 saturated heterocycles. The molecule has 0 fully saturated rings. The smallest absolute Gasteiger partial charge is 0.0434 e. The lowest BCUT2D eigenvalue weighted by molar-refractivity contribution is 1.27. The van der Waals surface area contributed by atoms with Crippen LogP contribution in [0.25, 0.3) is 53.6 Å². The number of thiophene rings is 1. The Kier molecular flexibility index (Phi) is 5.04. The van der Waals surface area contributed by atoms with Crippen LogP contribution in [0.15, 0.2) is 97.3 Å². The minimum absolute atomic E-state index is 1.14. The monoisotopic (exact) mass is 455 g/mol. The number of hydrogen-bond acceptors (Lipinski definition) is 2. The zero-order valence-electron chi connectivity index (χ0n) is 19.6. The first kappa shape index (κ1) is 20.8. The first-order chi connectivity index (χ1) is 16.6. The molecule has 0 aliphatic carbocycles. The van der Waals surface area contributed by atoms with Crippen LogP contribution in [-0.2, 0) is 0 Å². The van der Waals surface area contributed by atoms with E-state index in [4.69, 9.17) is 0 Å². The summed E-state index contributed by atoms with van der Waals surface area (Å²) in [5, 5.41) is 2.67. The van der Waals surface area contributed by atoms with E-state index < -0.39 is 0 Å². The number of hydrogen-bond donors (Lipinski definition) is 0. The van der Waals surface area contributed by atoms with Gasteiger partial charge in [0.1, 0.15) is 0 Å². The molecule has 2 heteroatoms. The summed E-state index contributed by atoms with van der Waals surface area (Å²) in [5.41, 5.74) is 11.6. The first-order valence-electron chi connectivity index (χ1n) is 11.6. The number of rotatable bonds is 3. The molecule has 0 bridgehead atoms. The van der Waals surface area contributed by atoms with Gasteiger partial charge in [-0.3, -0.25) is 4.98 Å². The Morgan fingerprint density at radius 3 is 1.74 bits per heavy atom. The zero-order chi connectivity index (χ0) is 23.2. The van der Waals surface area contributed by atoms with Crippen LogP contribution in [0.1, 0.15) is 16.7 Å². The lowest BCUT2D eigenvalue weighted by Crippen LogP contribution is -1.88. The topological polar surface area (TPSA) is 12.9 Å². The SMILES string of the molecule is Cc1cc(-c2cccc3c2sc2c(-c4ccc(-c5cccnc5)cc4)cccc23)cc(C)c1C. The van der Waals surface area contributed by atoms with E-state index in [0.717, 1.165) is 5.56 Å². The van der Waals surface area contributed by atoms with E-state index in [1.54, 1.807) is 0 Å². The molecule has 0 aliphatic heterocycles. The van der Waals surface area contributed by atoms with Gasteiger partial charge in [-0.1, -0.05) is 78.9 Å². The van der Waals surface area contributed by atoms with Gasteiger partial charge in [-0.15, -0.1) is 11.3 Å². The second kappa shape index (κ2) is 8.23. The van der Waals surface area contributed by atoms with Crippen LogP contribution < -0.4 is 0 Å². The predicted molar refractivity (Wildman–Crippen MR) is 148 cm³/mol. The highest BCUT2D eigenvalue weighted by Gasteiger charge is 2.14. The van der Waals surface area contributed by atoms with Crippen LogP contribution in [0.5, 0.6) is 0 Å². The van der Waals surface area contributed by atoms with Gasteiger partial charge in [0, 0.05) is 32.6 Å². The summed E-state index contributed by atoms with van der Waals surface area (Å²) in [6, 6.07) is 31.0. The van der Waals surface area contributed by atoms with Crippen molar-refractivity contribution in [2.45, 2.75) is 20.8 Å². The number of fused-ring (bicyclic) bond motifs is 3. The lowest BCUT2D eigenvalue weighted by Gasteiger charge is -2.10. The summed E-state index contributed by atoms with van der Waals surface area (Å²) in [6.45, 7) is 6.63. The molecule has 0 atom stereocenters. The van der Waals surface area contributed by atoms with Crippen molar-refractivity contribution < 1.29 is 0 Å². The Balaban J connectivity index is 1.52. The fourth-order valence-electron chi connectivity index (χ4n) is 4.84. The summed E-state index contributed by atoms with van der Waals surface area (Å²) in [4.78, 5) is 4.26. The molecule has 0 spiro atoms. The Labute approximate surface area is 204 Å². The summed E-state index contributed by atoms with van der Waals surface area (Å²) in [7, 11) is 0. The fraction of sp³-hybridized carbons (Fsp3) is 0.0938. The van der Waals surface area contributed by atoms with Gasteiger partial charge >= 0.3 is 0 Å². The van der Waals surface area contributed by atoms with Gasteiger partial charge < -0.3 is 0 Å². The quantitative estimate of drug-likeness (QED) is 0.259. The van der Waals surface area contributed by atoms with E-state index in [0.29, 0.717) is 0 Å². The second-order valence-corrected chi connectivity index (χ2v) is 10.0. The Hall–Kier alpha value is -3.75. The zero-order valence-corrected chi connectivity index (χ0v) is 20.4. The molecule has 0 N–H and O–H groups in total. The highest BCUT2D eigenvalue weighted by molar-refractivity contribution is 7.26. The Morgan fingerprint density at radius 1 is 0.559 bits per heavy atom. The van der Waals surface area contributed by atoms with Gasteiger partial charge in [0.05, 0.1) is 0 Å². The maximum absolute atomic E-state index is 4.26. The highest BCUT2D eigenvalue weighted by Crippen LogP contribution is 2.44. The van der Waals surface area contributed by atoms with Crippen molar-refractivity contribution in [3.8, 4) is 33.4 Å². The average Bonchev–Trinajstić information content (AvgIpc) is 3.27. The summed E-state index contributed by atoms with van der Waals surface area (Å²) in [5.74, 6) is 0. The van der Waals surface area contributed by atoms with Crippen LogP contribution >= 0.6 is 11.3 Å². The van der Waals surface area contributed by atoms with Crippen LogP contribution in [-0.4, -0.2) is 4.98 Å². The number of nitrogens with zero attached hydrogens (tertiary/aromatic N) is 1. The first-order valence-corrected chi connectivity index (χ1v) is 12.4. The third-order valence-electron chi connectivity index (χ3n) is 6.95. The Bertz CT molecular complexity index is 1630. The molecule has 6 aromatic rings. The normalized spacial score (nSPS) is 11.4. The van der Waals surface area contributed by atoms with Crippen molar-refractivity contribution >= 4 is 31.5 Å². The molecule has 0 aliphatic rings. The van der Waals surface area contributed by atoms with Gasteiger partial charge in [0.2, 0.25) is 0 Å². The minimum Gasteiger partial charge on any atom is -0.264 e. The second-order valence-electron chi connectivity index (χ2n) is 9.02. The molecule has 0 unspecified atom stereocenters. The van der Waals surface area contributed by atoms with E-state index >= 15 is 0 Å². The molecule has 164 valence electrons. The molecule has 0 radical (unpaired) electrons.